The Bertz CT molecular complexity index is 629. The van der Waals surface area contributed by atoms with Crippen molar-refractivity contribution in [2.24, 2.45) is 0 Å². The summed E-state index contributed by atoms with van der Waals surface area (Å²) in [6.07, 6.45) is 0. The summed E-state index contributed by atoms with van der Waals surface area (Å²) in [6.45, 7) is 3.70. The van der Waals surface area contributed by atoms with Crippen LogP contribution in [0.15, 0.2) is 34.9 Å². The second-order valence-corrected chi connectivity index (χ2v) is 5.16. The molecule has 2 heterocycles. The Morgan fingerprint density at radius 1 is 1.41 bits per heavy atom. The van der Waals surface area contributed by atoms with Gasteiger partial charge in [-0.15, -0.1) is 0 Å². The number of carbonyl (C=O) groups is 1. The van der Waals surface area contributed by atoms with Gasteiger partial charge in [0.1, 0.15) is 6.04 Å². The molecule has 1 aromatic heterocycles. The molecule has 1 N–H and O–H groups in total. The van der Waals surface area contributed by atoms with E-state index in [1.807, 2.05) is 35.2 Å². The zero-order valence-electron chi connectivity index (χ0n) is 12.4. The molecule has 1 aromatic carbocycles. The number of aryl methyl sites for hydroxylation is 1. The summed E-state index contributed by atoms with van der Waals surface area (Å²) in [5.41, 5.74) is 0.783. The van der Waals surface area contributed by atoms with Gasteiger partial charge in [0.05, 0.1) is 19.8 Å². The van der Waals surface area contributed by atoms with Gasteiger partial charge in [-0.25, -0.2) is 0 Å². The van der Waals surface area contributed by atoms with Crippen molar-refractivity contribution in [2.75, 3.05) is 31.6 Å². The van der Waals surface area contributed by atoms with Crippen LogP contribution in [0.3, 0.4) is 0 Å². The molecule has 0 bridgehead atoms. The lowest BCUT2D eigenvalue weighted by Crippen LogP contribution is -2.43. The molecule has 0 radical (unpaired) electrons. The first kappa shape index (κ1) is 14.7. The average Bonchev–Trinajstić information content (AvgIpc) is 2.95. The number of carbonyl (C=O) groups excluding carboxylic acids is 1. The van der Waals surface area contributed by atoms with Crippen LogP contribution in [-0.2, 0) is 9.53 Å². The lowest BCUT2D eigenvalue weighted by molar-refractivity contribution is -0.120. The predicted molar refractivity (Wildman–Crippen MR) is 79.2 cm³/mol. The van der Waals surface area contributed by atoms with Gasteiger partial charge >= 0.3 is 0 Å². The third-order valence-corrected chi connectivity index (χ3v) is 3.47. The molecule has 3 rings (SSSR count). The topological polar surface area (TPSA) is 80.5 Å². The second-order valence-electron chi connectivity index (χ2n) is 5.16. The number of para-hydroxylation sites is 1. The van der Waals surface area contributed by atoms with E-state index in [0.717, 1.165) is 5.69 Å². The van der Waals surface area contributed by atoms with E-state index in [2.05, 4.69) is 15.5 Å². The molecule has 1 saturated heterocycles. The van der Waals surface area contributed by atoms with Gasteiger partial charge in [0, 0.05) is 12.2 Å². The van der Waals surface area contributed by atoms with Crippen LogP contribution in [0.1, 0.15) is 17.8 Å². The fraction of sp³-hybridized carbons (Fsp3) is 0.400. The van der Waals surface area contributed by atoms with E-state index in [4.69, 9.17) is 9.26 Å². The standard InChI is InChI=1S/C15H18N4O3/c1-11-16-15(22-18-11)13-10-21-8-7-19(13)9-14(20)17-12-5-3-2-4-6-12/h2-6,13H,7-10H2,1H3,(H,17,20)/t13-/m0/s1. The van der Waals surface area contributed by atoms with Crippen LogP contribution in [0, 0.1) is 6.92 Å². The summed E-state index contributed by atoms with van der Waals surface area (Å²) in [7, 11) is 0. The lowest BCUT2D eigenvalue weighted by Gasteiger charge is -2.32. The van der Waals surface area contributed by atoms with E-state index in [-0.39, 0.29) is 18.5 Å². The molecule has 0 spiro atoms. The first-order valence-electron chi connectivity index (χ1n) is 7.19. The van der Waals surface area contributed by atoms with Crippen molar-refractivity contribution < 1.29 is 14.1 Å². The number of hydrogen-bond acceptors (Lipinski definition) is 6. The quantitative estimate of drug-likeness (QED) is 0.919. The van der Waals surface area contributed by atoms with Crippen LogP contribution in [0.2, 0.25) is 0 Å². The Balaban J connectivity index is 1.65. The summed E-state index contributed by atoms with van der Waals surface area (Å²) in [5.74, 6) is 0.994. The van der Waals surface area contributed by atoms with E-state index < -0.39 is 0 Å². The van der Waals surface area contributed by atoms with Crippen molar-refractivity contribution >= 4 is 11.6 Å². The summed E-state index contributed by atoms with van der Waals surface area (Å²) < 4.78 is 10.7. The van der Waals surface area contributed by atoms with Crippen LogP contribution in [0.25, 0.3) is 0 Å². The Kier molecular flexibility index (Phi) is 4.45. The van der Waals surface area contributed by atoms with Crippen LogP contribution in [-0.4, -0.2) is 47.3 Å². The number of amides is 1. The van der Waals surface area contributed by atoms with E-state index in [0.29, 0.717) is 31.5 Å². The van der Waals surface area contributed by atoms with Crippen LogP contribution >= 0.6 is 0 Å². The molecule has 7 nitrogen and oxygen atoms in total. The van der Waals surface area contributed by atoms with Crippen molar-refractivity contribution in [3.8, 4) is 0 Å². The van der Waals surface area contributed by atoms with Crippen LogP contribution < -0.4 is 5.32 Å². The predicted octanol–water partition coefficient (Wildman–Crippen LogP) is 1.39. The maximum Gasteiger partial charge on any atom is 0.246 e. The highest BCUT2D eigenvalue weighted by Gasteiger charge is 2.30. The number of aromatic nitrogens is 2. The summed E-state index contributed by atoms with van der Waals surface area (Å²) >= 11 is 0. The number of rotatable bonds is 4. The first-order chi connectivity index (χ1) is 10.7. The molecule has 2 aromatic rings. The van der Waals surface area contributed by atoms with Crippen LogP contribution in [0.4, 0.5) is 5.69 Å². The van der Waals surface area contributed by atoms with Gasteiger partial charge in [0.15, 0.2) is 5.82 Å². The number of benzene rings is 1. The van der Waals surface area contributed by atoms with Gasteiger partial charge in [-0.2, -0.15) is 4.98 Å². The van der Waals surface area contributed by atoms with Crippen molar-refractivity contribution in [1.29, 1.82) is 0 Å². The van der Waals surface area contributed by atoms with Crippen molar-refractivity contribution in [3.05, 3.63) is 42.0 Å². The molecule has 1 aliphatic rings. The maximum absolute atomic E-state index is 12.2. The molecule has 0 unspecified atom stereocenters. The van der Waals surface area contributed by atoms with Crippen molar-refractivity contribution in [1.82, 2.24) is 15.0 Å². The van der Waals surface area contributed by atoms with E-state index in [1.54, 1.807) is 6.92 Å². The maximum atomic E-state index is 12.2. The molecule has 1 amide bonds. The highest BCUT2D eigenvalue weighted by Crippen LogP contribution is 2.22. The van der Waals surface area contributed by atoms with E-state index in [9.17, 15) is 4.79 Å². The van der Waals surface area contributed by atoms with Crippen molar-refractivity contribution in [3.63, 3.8) is 0 Å². The molecule has 7 heteroatoms. The SMILES string of the molecule is Cc1noc([C@@H]2COCCN2CC(=O)Nc2ccccc2)n1. The smallest absolute Gasteiger partial charge is 0.246 e. The number of ether oxygens (including phenoxy) is 1. The molecule has 116 valence electrons. The van der Waals surface area contributed by atoms with E-state index >= 15 is 0 Å². The lowest BCUT2D eigenvalue weighted by atomic mass is 10.2. The molecular formula is C15H18N4O3. The minimum absolute atomic E-state index is 0.0747. The van der Waals surface area contributed by atoms with Crippen LogP contribution in [0.5, 0.6) is 0 Å². The summed E-state index contributed by atoms with van der Waals surface area (Å²) in [6, 6.07) is 9.21. The van der Waals surface area contributed by atoms with E-state index in [1.165, 1.54) is 0 Å². The van der Waals surface area contributed by atoms with Gasteiger partial charge in [-0.1, -0.05) is 23.4 Å². The average molecular weight is 302 g/mol. The van der Waals surface area contributed by atoms with Gasteiger partial charge in [-0.3, -0.25) is 9.69 Å². The monoisotopic (exact) mass is 302 g/mol. The molecule has 1 fully saturated rings. The van der Waals surface area contributed by atoms with Gasteiger partial charge < -0.3 is 14.6 Å². The molecule has 1 aliphatic heterocycles. The molecule has 1 atom stereocenters. The Hall–Kier alpha value is -2.25. The number of hydrogen-bond donors (Lipinski definition) is 1. The zero-order valence-corrected chi connectivity index (χ0v) is 12.4. The largest absolute Gasteiger partial charge is 0.378 e. The minimum Gasteiger partial charge on any atom is -0.378 e. The highest BCUT2D eigenvalue weighted by atomic mass is 16.5. The van der Waals surface area contributed by atoms with Gasteiger partial charge in [0.2, 0.25) is 11.8 Å². The number of nitrogens with zero attached hydrogens (tertiary/aromatic N) is 3. The molecule has 0 saturated carbocycles. The molecular weight excluding hydrogens is 284 g/mol. The Morgan fingerprint density at radius 3 is 2.95 bits per heavy atom. The molecule has 22 heavy (non-hydrogen) atoms. The second kappa shape index (κ2) is 6.67. The van der Waals surface area contributed by atoms with Crippen molar-refractivity contribution in [2.45, 2.75) is 13.0 Å². The third-order valence-electron chi connectivity index (χ3n) is 3.47. The first-order valence-corrected chi connectivity index (χ1v) is 7.19. The fourth-order valence-corrected chi connectivity index (χ4v) is 2.41. The Morgan fingerprint density at radius 2 is 2.23 bits per heavy atom. The zero-order chi connectivity index (χ0) is 15.4. The summed E-state index contributed by atoms with van der Waals surface area (Å²) in [4.78, 5) is 18.4. The number of morpholine rings is 1. The fourth-order valence-electron chi connectivity index (χ4n) is 2.41. The summed E-state index contributed by atoms with van der Waals surface area (Å²) in [5, 5.41) is 6.68. The van der Waals surface area contributed by atoms with Gasteiger partial charge in [0.25, 0.3) is 0 Å². The Labute approximate surface area is 128 Å². The minimum atomic E-state index is -0.184. The molecule has 0 aliphatic carbocycles. The normalized spacial score (nSPS) is 19.0. The van der Waals surface area contributed by atoms with Gasteiger partial charge in [-0.05, 0) is 19.1 Å². The highest BCUT2D eigenvalue weighted by molar-refractivity contribution is 5.92. The number of nitrogens with one attached hydrogen (secondary N) is 1. The third kappa shape index (κ3) is 3.49. The number of anilines is 1.